The summed E-state index contributed by atoms with van der Waals surface area (Å²) < 4.78 is 0. The normalized spacial score (nSPS) is 29.0. The summed E-state index contributed by atoms with van der Waals surface area (Å²) in [6.45, 7) is 13.9. The monoisotopic (exact) mass is 390 g/mol. The Kier molecular flexibility index (Phi) is 8.26. The van der Waals surface area contributed by atoms with Gasteiger partial charge in [0.25, 0.3) is 0 Å². The first-order valence-corrected chi connectivity index (χ1v) is 12.4. The van der Waals surface area contributed by atoms with Gasteiger partial charge < -0.3 is 9.80 Å². The van der Waals surface area contributed by atoms with Gasteiger partial charge in [-0.25, -0.2) is 0 Å². The molecule has 3 rings (SSSR count). The molecule has 0 bridgehead atoms. The molecule has 3 heteroatoms. The lowest BCUT2D eigenvalue weighted by Gasteiger charge is -2.38. The Labute approximate surface area is 174 Å². The van der Waals surface area contributed by atoms with E-state index in [0.717, 1.165) is 49.6 Å². The van der Waals surface area contributed by atoms with Gasteiger partial charge in [-0.2, -0.15) is 0 Å². The van der Waals surface area contributed by atoms with Crippen molar-refractivity contribution in [1.82, 2.24) is 9.80 Å². The second-order valence-corrected chi connectivity index (χ2v) is 10.9. The number of carbonyl (C=O) groups excluding carboxylic acids is 1. The zero-order valence-corrected chi connectivity index (χ0v) is 19.2. The van der Waals surface area contributed by atoms with E-state index < -0.39 is 0 Å². The summed E-state index contributed by atoms with van der Waals surface area (Å²) in [5.41, 5.74) is 0. The highest BCUT2D eigenvalue weighted by molar-refractivity contribution is 5.79. The van der Waals surface area contributed by atoms with Crippen LogP contribution in [-0.2, 0) is 4.79 Å². The number of amides is 1. The number of hydrogen-bond donors (Lipinski definition) is 0. The van der Waals surface area contributed by atoms with Crippen molar-refractivity contribution in [2.24, 2.45) is 29.6 Å². The van der Waals surface area contributed by atoms with Gasteiger partial charge in [0.2, 0.25) is 5.91 Å². The summed E-state index contributed by atoms with van der Waals surface area (Å²) in [5, 5.41) is 0. The molecule has 2 aliphatic heterocycles. The minimum atomic E-state index is 0.334. The Morgan fingerprint density at radius 1 is 0.750 bits per heavy atom. The fourth-order valence-corrected chi connectivity index (χ4v) is 6.14. The fourth-order valence-electron chi connectivity index (χ4n) is 6.14. The number of rotatable bonds is 6. The third-order valence-corrected chi connectivity index (χ3v) is 7.97. The van der Waals surface area contributed by atoms with Crippen molar-refractivity contribution >= 4 is 5.91 Å². The Morgan fingerprint density at radius 2 is 1.29 bits per heavy atom. The number of carbonyl (C=O) groups is 1. The predicted octanol–water partition coefficient (Wildman–Crippen LogP) is 5.59. The lowest BCUT2D eigenvalue weighted by molar-refractivity contribution is -0.138. The van der Waals surface area contributed by atoms with E-state index in [1.54, 1.807) is 0 Å². The first-order chi connectivity index (χ1) is 13.4. The highest BCUT2D eigenvalue weighted by atomic mass is 16.2. The van der Waals surface area contributed by atoms with E-state index >= 15 is 0 Å². The van der Waals surface area contributed by atoms with E-state index in [2.05, 4.69) is 37.5 Å². The van der Waals surface area contributed by atoms with Crippen LogP contribution in [0.3, 0.4) is 0 Å². The van der Waals surface area contributed by atoms with Crippen LogP contribution in [-0.4, -0.2) is 47.9 Å². The standard InChI is InChI=1S/C25H46N2O/c1-19(2)17-22-11-15-27(16-12-22)25(28)24-7-5-21(6-8-24)18-23-9-13-26(14-10-23)20(3)4/h19-24H,5-18H2,1-4H3. The Hall–Kier alpha value is -0.570. The summed E-state index contributed by atoms with van der Waals surface area (Å²) in [6, 6.07) is 0.706. The molecule has 0 aromatic rings. The molecule has 3 nitrogen and oxygen atoms in total. The zero-order chi connectivity index (χ0) is 20.1. The molecular weight excluding hydrogens is 344 g/mol. The van der Waals surface area contributed by atoms with Crippen molar-refractivity contribution < 1.29 is 4.79 Å². The predicted molar refractivity (Wildman–Crippen MR) is 118 cm³/mol. The zero-order valence-electron chi connectivity index (χ0n) is 19.2. The van der Waals surface area contributed by atoms with Crippen LogP contribution in [0.2, 0.25) is 0 Å². The third kappa shape index (κ3) is 6.21. The number of likely N-dealkylation sites (tertiary alicyclic amines) is 2. The summed E-state index contributed by atoms with van der Waals surface area (Å²) in [4.78, 5) is 17.8. The van der Waals surface area contributed by atoms with E-state index in [0.29, 0.717) is 17.9 Å². The van der Waals surface area contributed by atoms with Crippen LogP contribution in [0.4, 0.5) is 0 Å². The number of piperidine rings is 2. The average molecular weight is 391 g/mol. The van der Waals surface area contributed by atoms with Crippen LogP contribution in [0.15, 0.2) is 0 Å². The van der Waals surface area contributed by atoms with Crippen LogP contribution < -0.4 is 0 Å². The minimum Gasteiger partial charge on any atom is -0.342 e. The second kappa shape index (κ2) is 10.5. The molecule has 0 aromatic heterocycles. The molecular formula is C25H46N2O. The Bertz CT molecular complexity index is 465. The van der Waals surface area contributed by atoms with Crippen molar-refractivity contribution in [2.75, 3.05) is 26.2 Å². The number of hydrogen-bond acceptors (Lipinski definition) is 2. The minimum absolute atomic E-state index is 0.334. The van der Waals surface area contributed by atoms with E-state index in [1.807, 2.05) is 0 Å². The van der Waals surface area contributed by atoms with Crippen molar-refractivity contribution in [1.29, 1.82) is 0 Å². The SMILES string of the molecule is CC(C)CC1CCN(C(=O)C2CCC(CC3CCN(C(C)C)CC3)CC2)CC1. The van der Waals surface area contributed by atoms with Crippen LogP contribution >= 0.6 is 0 Å². The Balaban J connectivity index is 1.34. The third-order valence-electron chi connectivity index (χ3n) is 7.97. The average Bonchev–Trinajstić information content (AvgIpc) is 2.68. The molecule has 0 N–H and O–H groups in total. The molecule has 0 unspecified atom stereocenters. The van der Waals surface area contributed by atoms with Gasteiger partial charge in [-0.1, -0.05) is 13.8 Å². The van der Waals surface area contributed by atoms with Gasteiger partial charge >= 0.3 is 0 Å². The molecule has 0 aromatic carbocycles. The number of nitrogens with zero attached hydrogens (tertiary/aromatic N) is 2. The molecule has 3 aliphatic rings. The maximum absolute atomic E-state index is 13.0. The summed E-state index contributed by atoms with van der Waals surface area (Å²) in [5.74, 6) is 4.29. The maximum atomic E-state index is 13.0. The van der Waals surface area contributed by atoms with Crippen LogP contribution in [0.1, 0.15) is 91.9 Å². The molecule has 162 valence electrons. The summed E-state index contributed by atoms with van der Waals surface area (Å²) in [7, 11) is 0. The van der Waals surface area contributed by atoms with E-state index in [-0.39, 0.29) is 0 Å². The molecule has 0 radical (unpaired) electrons. The lowest BCUT2D eigenvalue weighted by Crippen LogP contribution is -2.43. The van der Waals surface area contributed by atoms with E-state index in [9.17, 15) is 4.79 Å². The quantitative estimate of drug-likeness (QED) is 0.590. The molecule has 0 spiro atoms. The highest BCUT2D eigenvalue weighted by Crippen LogP contribution is 2.37. The molecule has 1 aliphatic carbocycles. The molecule has 1 saturated carbocycles. The van der Waals surface area contributed by atoms with Crippen LogP contribution in [0, 0.1) is 29.6 Å². The second-order valence-electron chi connectivity index (χ2n) is 10.9. The molecule has 1 amide bonds. The van der Waals surface area contributed by atoms with Gasteiger partial charge in [-0.3, -0.25) is 4.79 Å². The molecule has 2 heterocycles. The van der Waals surface area contributed by atoms with Gasteiger partial charge in [0.1, 0.15) is 0 Å². The van der Waals surface area contributed by atoms with Gasteiger partial charge in [0.15, 0.2) is 0 Å². The van der Waals surface area contributed by atoms with Crippen molar-refractivity contribution in [3.05, 3.63) is 0 Å². The van der Waals surface area contributed by atoms with Gasteiger partial charge in [-0.15, -0.1) is 0 Å². The largest absolute Gasteiger partial charge is 0.342 e. The first kappa shape index (κ1) is 22.1. The Morgan fingerprint density at radius 3 is 1.82 bits per heavy atom. The van der Waals surface area contributed by atoms with Crippen LogP contribution in [0.5, 0.6) is 0 Å². The van der Waals surface area contributed by atoms with Crippen molar-refractivity contribution in [3.8, 4) is 0 Å². The molecule has 3 fully saturated rings. The molecule has 2 saturated heterocycles. The summed E-state index contributed by atoms with van der Waals surface area (Å²) in [6.07, 6.45) is 12.9. The van der Waals surface area contributed by atoms with Gasteiger partial charge in [0.05, 0.1) is 0 Å². The van der Waals surface area contributed by atoms with Gasteiger partial charge in [0, 0.05) is 25.0 Å². The lowest BCUT2D eigenvalue weighted by atomic mass is 9.75. The fraction of sp³-hybridized carbons (Fsp3) is 0.960. The van der Waals surface area contributed by atoms with Crippen LogP contribution in [0.25, 0.3) is 0 Å². The molecule has 0 atom stereocenters. The van der Waals surface area contributed by atoms with Crippen molar-refractivity contribution in [3.63, 3.8) is 0 Å². The summed E-state index contributed by atoms with van der Waals surface area (Å²) >= 11 is 0. The topological polar surface area (TPSA) is 23.6 Å². The van der Waals surface area contributed by atoms with E-state index in [4.69, 9.17) is 0 Å². The van der Waals surface area contributed by atoms with E-state index in [1.165, 1.54) is 64.5 Å². The first-order valence-electron chi connectivity index (χ1n) is 12.4. The van der Waals surface area contributed by atoms with Crippen molar-refractivity contribution in [2.45, 2.75) is 97.9 Å². The highest BCUT2D eigenvalue weighted by Gasteiger charge is 2.32. The van der Waals surface area contributed by atoms with Gasteiger partial charge in [-0.05, 0) is 115 Å². The molecule has 28 heavy (non-hydrogen) atoms. The smallest absolute Gasteiger partial charge is 0.225 e. The maximum Gasteiger partial charge on any atom is 0.225 e.